The van der Waals surface area contributed by atoms with E-state index in [9.17, 15) is 8.42 Å². The van der Waals surface area contributed by atoms with E-state index in [1.165, 1.54) is 10.6 Å². The molecule has 15 heavy (non-hydrogen) atoms. The molecule has 0 aromatic heterocycles. The van der Waals surface area contributed by atoms with Crippen LogP contribution < -0.4 is 4.31 Å². The predicted octanol–water partition coefficient (Wildman–Crippen LogP) is 2.63. The molecule has 0 saturated heterocycles. The van der Waals surface area contributed by atoms with Gasteiger partial charge in [-0.3, -0.25) is 4.31 Å². The molecule has 0 unspecified atom stereocenters. The molecule has 1 rings (SSSR count). The molecule has 0 saturated carbocycles. The third kappa shape index (κ3) is 3.21. The summed E-state index contributed by atoms with van der Waals surface area (Å²) in [5.41, 5.74) is 0.696. The first-order valence-electron chi connectivity index (χ1n) is 4.69. The highest BCUT2D eigenvalue weighted by atomic mass is 79.9. The van der Waals surface area contributed by atoms with Gasteiger partial charge in [0.1, 0.15) is 0 Å². The second kappa shape index (κ2) is 4.99. The molecule has 84 valence electrons. The fraction of sp³-hybridized carbons (Fsp3) is 0.400. The lowest BCUT2D eigenvalue weighted by Gasteiger charge is -2.22. The fourth-order valence-electron chi connectivity index (χ4n) is 1.32. The van der Waals surface area contributed by atoms with Crippen LogP contribution in [0.4, 0.5) is 5.69 Å². The summed E-state index contributed by atoms with van der Waals surface area (Å²) in [6.45, 7) is 2.45. The molecule has 0 fully saturated rings. The zero-order valence-electron chi connectivity index (χ0n) is 8.77. The molecule has 0 amide bonds. The van der Waals surface area contributed by atoms with Gasteiger partial charge in [-0.1, -0.05) is 19.1 Å². The number of anilines is 1. The Hall–Kier alpha value is -0.550. The Morgan fingerprint density at radius 1 is 1.33 bits per heavy atom. The lowest BCUT2D eigenvalue weighted by Crippen LogP contribution is -2.30. The van der Waals surface area contributed by atoms with Gasteiger partial charge in [0.2, 0.25) is 10.0 Å². The Kier molecular flexibility index (Phi) is 4.16. The zero-order chi connectivity index (χ0) is 11.5. The van der Waals surface area contributed by atoms with Crippen molar-refractivity contribution in [3.63, 3.8) is 0 Å². The minimum absolute atomic E-state index is 0.501. The quantitative estimate of drug-likeness (QED) is 0.855. The number of para-hydroxylation sites is 1. The van der Waals surface area contributed by atoms with Gasteiger partial charge in [0.05, 0.1) is 11.9 Å². The largest absolute Gasteiger partial charge is 0.269 e. The maximum Gasteiger partial charge on any atom is 0.232 e. The number of rotatable bonds is 4. The van der Waals surface area contributed by atoms with Crippen LogP contribution >= 0.6 is 15.9 Å². The van der Waals surface area contributed by atoms with Crippen molar-refractivity contribution < 1.29 is 8.42 Å². The summed E-state index contributed by atoms with van der Waals surface area (Å²) < 4.78 is 25.4. The summed E-state index contributed by atoms with van der Waals surface area (Å²) in [5.74, 6) is 0. The molecule has 0 aliphatic heterocycles. The smallest absolute Gasteiger partial charge is 0.232 e. The molecule has 0 aliphatic carbocycles. The monoisotopic (exact) mass is 291 g/mol. The van der Waals surface area contributed by atoms with Crippen LogP contribution in [-0.4, -0.2) is 21.2 Å². The highest BCUT2D eigenvalue weighted by Gasteiger charge is 2.17. The molecule has 0 N–H and O–H groups in total. The molecule has 3 nitrogen and oxygen atoms in total. The fourth-order valence-corrected chi connectivity index (χ4v) is 2.97. The molecular weight excluding hydrogens is 278 g/mol. The third-order valence-electron chi connectivity index (χ3n) is 1.95. The summed E-state index contributed by atoms with van der Waals surface area (Å²) >= 11 is 3.35. The maximum absolute atomic E-state index is 11.6. The van der Waals surface area contributed by atoms with Crippen LogP contribution in [0.3, 0.4) is 0 Å². The van der Waals surface area contributed by atoms with E-state index >= 15 is 0 Å². The third-order valence-corrected chi connectivity index (χ3v) is 3.80. The minimum atomic E-state index is -3.20. The van der Waals surface area contributed by atoms with Crippen LogP contribution in [0.2, 0.25) is 0 Å². The minimum Gasteiger partial charge on any atom is -0.269 e. The van der Waals surface area contributed by atoms with E-state index in [0.717, 1.165) is 10.9 Å². The second-order valence-electron chi connectivity index (χ2n) is 3.29. The highest BCUT2D eigenvalue weighted by molar-refractivity contribution is 9.10. The molecule has 0 atom stereocenters. The van der Waals surface area contributed by atoms with Gasteiger partial charge in [0.25, 0.3) is 0 Å². The first-order chi connectivity index (χ1) is 6.96. The van der Waals surface area contributed by atoms with E-state index in [2.05, 4.69) is 15.9 Å². The normalized spacial score (nSPS) is 11.4. The topological polar surface area (TPSA) is 37.4 Å². The molecule has 0 spiro atoms. The van der Waals surface area contributed by atoms with Crippen molar-refractivity contribution in [3.8, 4) is 0 Å². The first kappa shape index (κ1) is 12.5. The molecule has 1 aromatic rings. The Morgan fingerprint density at radius 3 is 2.40 bits per heavy atom. The number of hydrogen-bond acceptors (Lipinski definition) is 2. The van der Waals surface area contributed by atoms with E-state index in [0.29, 0.717) is 12.2 Å². The lowest BCUT2D eigenvalue weighted by atomic mass is 10.3. The van der Waals surface area contributed by atoms with Crippen LogP contribution in [0.25, 0.3) is 0 Å². The average Bonchev–Trinajstić information content (AvgIpc) is 2.14. The summed E-state index contributed by atoms with van der Waals surface area (Å²) in [6.07, 6.45) is 2.01. The molecule has 1 aromatic carbocycles. The average molecular weight is 292 g/mol. The molecule has 0 radical (unpaired) electrons. The van der Waals surface area contributed by atoms with Gasteiger partial charge in [0, 0.05) is 11.0 Å². The van der Waals surface area contributed by atoms with E-state index < -0.39 is 10.0 Å². The van der Waals surface area contributed by atoms with Crippen molar-refractivity contribution in [2.75, 3.05) is 17.1 Å². The summed E-state index contributed by atoms with van der Waals surface area (Å²) in [4.78, 5) is 0. The van der Waals surface area contributed by atoms with Crippen molar-refractivity contribution in [2.45, 2.75) is 13.3 Å². The molecule has 0 heterocycles. The van der Waals surface area contributed by atoms with Gasteiger partial charge < -0.3 is 0 Å². The van der Waals surface area contributed by atoms with Gasteiger partial charge in [0.15, 0.2) is 0 Å². The summed E-state index contributed by atoms with van der Waals surface area (Å²) in [6, 6.07) is 7.32. The van der Waals surface area contributed by atoms with Crippen LogP contribution in [0.15, 0.2) is 28.7 Å². The standard InChI is InChI=1S/C10H14BrNO2S/c1-3-8-12(15(2,13)14)10-7-5-4-6-9(10)11/h4-7H,3,8H2,1-2H3. The SMILES string of the molecule is CCCN(c1ccccc1Br)S(C)(=O)=O. The van der Waals surface area contributed by atoms with Crippen molar-refractivity contribution in [2.24, 2.45) is 0 Å². The van der Waals surface area contributed by atoms with Gasteiger partial charge >= 0.3 is 0 Å². The maximum atomic E-state index is 11.6. The second-order valence-corrected chi connectivity index (χ2v) is 6.05. The van der Waals surface area contributed by atoms with Crippen molar-refractivity contribution in [1.29, 1.82) is 0 Å². The number of benzene rings is 1. The molecule has 0 aliphatic rings. The molecule has 0 bridgehead atoms. The molecular formula is C10H14BrNO2S. The van der Waals surface area contributed by atoms with E-state index in [1.54, 1.807) is 6.07 Å². The van der Waals surface area contributed by atoms with Crippen LogP contribution in [-0.2, 0) is 10.0 Å². The highest BCUT2D eigenvalue weighted by Crippen LogP contribution is 2.27. The summed E-state index contributed by atoms with van der Waals surface area (Å²) in [5, 5.41) is 0. The van der Waals surface area contributed by atoms with Gasteiger partial charge in [-0.15, -0.1) is 0 Å². The van der Waals surface area contributed by atoms with E-state index in [1.807, 2.05) is 25.1 Å². The van der Waals surface area contributed by atoms with Gasteiger partial charge in [-0.25, -0.2) is 8.42 Å². The van der Waals surface area contributed by atoms with Crippen molar-refractivity contribution in [1.82, 2.24) is 0 Å². The Morgan fingerprint density at radius 2 is 1.93 bits per heavy atom. The number of hydrogen-bond donors (Lipinski definition) is 0. The number of nitrogens with zero attached hydrogens (tertiary/aromatic N) is 1. The van der Waals surface area contributed by atoms with Crippen molar-refractivity contribution >= 4 is 31.6 Å². The van der Waals surface area contributed by atoms with Crippen molar-refractivity contribution in [3.05, 3.63) is 28.7 Å². The molecule has 5 heteroatoms. The zero-order valence-corrected chi connectivity index (χ0v) is 11.2. The Bertz CT molecular complexity index is 431. The van der Waals surface area contributed by atoms with Crippen LogP contribution in [0.1, 0.15) is 13.3 Å². The van der Waals surface area contributed by atoms with E-state index in [4.69, 9.17) is 0 Å². The van der Waals surface area contributed by atoms with Crippen LogP contribution in [0.5, 0.6) is 0 Å². The number of sulfonamides is 1. The predicted molar refractivity (Wildman–Crippen MR) is 66.6 cm³/mol. The van der Waals surface area contributed by atoms with Gasteiger partial charge in [-0.2, -0.15) is 0 Å². The van der Waals surface area contributed by atoms with Gasteiger partial charge in [-0.05, 0) is 34.5 Å². The van der Waals surface area contributed by atoms with Crippen LogP contribution in [0, 0.1) is 0 Å². The lowest BCUT2D eigenvalue weighted by molar-refractivity contribution is 0.596. The number of halogens is 1. The summed E-state index contributed by atoms with van der Waals surface area (Å²) in [7, 11) is -3.20. The Labute approximate surface area is 99.3 Å². The van der Waals surface area contributed by atoms with E-state index in [-0.39, 0.29) is 0 Å². The first-order valence-corrected chi connectivity index (χ1v) is 7.33. The Balaban J connectivity index is 3.16.